The number of hydrogen-bond acceptors (Lipinski definition) is 5. The molecule has 1 aromatic rings. The van der Waals surface area contributed by atoms with Gasteiger partial charge in [-0.25, -0.2) is 0 Å². The molecule has 128 valence electrons. The first kappa shape index (κ1) is 18.3. The molecule has 1 fully saturated rings. The lowest BCUT2D eigenvalue weighted by Crippen LogP contribution is -2.47. The van der Waals surface area contributed by atoms with Gasteiger partial charge in [-0.3, -0.25) is 14.6 Å². The first-order valence-corrected chi connectivity index (χ1v) is 9.01. The van der Waals surface area contributed by atoms with Crippen LogP contribution < -0.4 is 0 Å². The maximum absolute atomic E-state index is 10.7. The summed E-state index contributed by atoms with van der Waals surface area (Å²) >= 11 is 1.86. The molecule has 0 spiro atoms. The maximum Gasteiger partial charge on any atom is 0.317 e. The van der Waals surface area contributed by atoms with Gasteiger partial charge in [0.15, 0.2) is 0 Å². The topological polar surface area (TPSA) is 53.0 Å². The van der Waals surface area contributed by atoms with Crippen LogP contribution >= 0.6 is 11.8 Å². The molecule has 0 aromatic heterocycles. The summed E-state index contributed by atoms with van der Waals surface area (Å²) in [5.74, 6) is 0.282. The van der Waals surface area contributed by atoms with Crippen molar-refractivity contribution in [3.05, 3.63) is 29.8 Å². The van der Waals surface area contributed by atoms with Crippen LogP contribution in [0.15, 0.2) is 29.2 Å². The van der Waals surface area contributed by atoms with E-state index in [1.807, 2.05) is 18.8 Å². The monoisotopic (exact) mass is 338 g/mol. The van der Waals surface area contributed by atoms with Crippen LogP contribution in [0.5, 0.6) is 0 Å². The zero-order valence-corrected chi connectivity index (χ0v) is 14.7. The molecule has 1 heterocycles. The number of likely N-dealkylation sites (N-methyl/N-ethyl adjacent to an activating group) is 1. The zero-order chi connectivity index (χ0) is 16.7. The highest BCUT2D eigenvalue weighted by atomic mass is 32.2. The normalized spacial score (nSPS) is 19.2. The van der Waals surface area contributed by atoms with E-state index < -0.39 is 5.97 Å². The molecule has 0 saturated carbocycles. The molecule has 5 nitrogen and oxygen atoms in total. The molecule has 0 radical (unpaired) electrons. The van der Waals surface area contributed by atoms with Crippen molar-refractivity contribution in [2.75, 3.05) is 45.6 Å². The first-order chi connectivity index (χ1) is 11.1. The third kappa shape index (κ3) is 6.51. The molecule has 1 aromatic carbocycles. The van der Waals surface area contributed by atoms with Gasteiger partial charge in [-0.1, -0.05) is 19.1 Å². The van der Waals surface area contributed by atoms with Gasteiger partial charge >= 0.3 is 5.97 Å². The maximum atomic E-state index is 10.7. The summed E-state index contributed by atoms with van der Waals surface area (Å²) in [6, 6.07) is 8.70. The molecule has 2 rings (SSSR count). The van der Waals surface area contributed by atoms with E-state index in [2.05, 4.69) is 36.1 Å². The standard InChI is InChI=1S/C17H26N2O3S/c1-3-23-16-6-4-5-14(9-16)10-19-7-8-22-15(12-19)11-18(2)13-17(20)21/h4-6,9,15H,3,7-8,10-13H2,1-2H3,(H,20,21). The lowest BCUT2D eigenvalue weighted by molar-refractivity contribution is -0.138. The van der Waals surface area contributed by atoms with Crippen LogP contribution in [0.1, 0.15) is 12.5 Å². The number of aliphatic carboxylic acids is 1. The minimum Gasteiger partial charge on any atom is -0.480 e. The Hall–Kier alpha value is -1.08. The van der Waals surface area contributed by atoms with Crippen LogP contribution in [0.2, 0.25) is 0 Å². The van der Waals surface area contributed by atoms with Gasteiger partial charge in [0.05, 0.1) is 19.3 Å². The number of nitrogens with zero attached hydrogens (tertiary/aromatic N) is 2. The van der Waals surface area contributed by atoms with Crippen molar-refractivity contribution >= 4 is 17.7 Å². The molecule has 1 aliphatic rings. The highest BCUT2D eigenvalue weighted by Gasteiger charge is 2.22. The van der Waals surface area contributed by atoms with Crippen LogP contribution in [0.3, 0.4) is 0 Å². The average Bonchev–Trinajstić information content (AvgIpc) is 2.47. The Morgan fingerprint density at radius 3 is 3.09 bits per heavy atom. The molecule has 0 bridgehead atoms. The quantitative estimate of drug-likeness (QED) is 0.732. The number of carbonyl (C=O) groups is 1. The van der Waals surface area contributed by atoms with E-state index in [0.717, 1.165) is 25.4 Å². The predicted octanol–water partition coefficient (Wildman–Crippen LogP) is 2.02. The van der Waals surface area contributed by atoms with E-state index in [4.69, 9.17) is 9.84 Å². The van der Waals surface area contributed by atoms with Crippen LogP contribution in [-0.4, -0.2) is 72.6 Å². The van der Waals surface area contributed by atoms with E-state index >= 15 is 0 Å². The van der Waals surface area contributed by atoms with Gasteiger partial charge in [0, 0.05) is 31.1 Å². The van der Waals surface area contributed by atoms with Gasteiger partial charge < -0.3 is 9.84 Å². The van der Waals surface area contributed by atoms with E-state index in [1.165, 1.54) is 10.5 Å². The van der Waals surface area contributed by atoms with E-state index in [9.17, 15) is 4.79 Å². The van der Waals surface area contributed by atoms with Crippen molar-refractivity contribution in [2.45, 2.75) is 24.5 Å². The largest absolute Gasteiger partial charge is 0.480 e. The lowest BCUT2D eigenvalue weighted by Gasteiger charge is -2.34. The van der Waals surface area contributed by atoms with Crippen LogP contribution in [0, 0.1) is 0 Å². The van der Waals surface area contributed by atoms with Crippen molar-refractivity contribution in [2.24, 2.45) is 0 Å². The minimum absolute atomic E-state index is 0.0517. The SMILES string of the molecule is CCSc1cccc(CN2CCOC(CN(C)CC(=O)O)C2)c1. The van der Waals surface area contributed by atoms with Gasteiger partial charge in [-0.05, 0) is 30.5 Å². The Morgan fingerprint density at radius 1 is 1.52 bits per heavy atom. The van der Waals surface area contributed by atoms with Crippen LogP contribution in [0.25, 0.3) is 0 Å². The molecule has 0 aliphatic carbocycles. The Labute approximate surface area is 142 Å². The number of thioether (sulfide) groups is 1. The molecule has 6 heteroatoms. The Kier molecular flexibility index (Phi) is 7.36. The number of carboxylic acids is 1. The third-order valence-corrected chi connectivity index (χ3v) is 4.63. The number of morpholine rings is 1. The van der Waals surface area contributed by atoms with Crippen molar-refractivity contribution in [3.63, 3.8) is 0 Å². The van der Waals surface area contributed by atoms with E-state index in [0.29, 0.717) is 13.2 Å². The summed E-state index contributed by atoms with van der Waals surface area (Å²) < 4.78 is 5.78. The number of rotatable bonds is 8. The van der Waals surface area contributed by atoms with Crippen molar-refractivity contribution < 1.29 is 14.6 Å². The molecule has 1 saturated heterocycles. The highest BCUT2D eigenvalue weighted by molar-refractivity contribution is 7.99. The smallest absolute Gasteiger partial charge is 0.317 e. The van der Waals surface area contributed by atoms with Crippen molar-refractivity contribution in [1.82, 2.24) is 9.80 Å². The Bertz CT molecular complexity index is 512. The van der Waals surface area contributed by atoms with Crippen LogP contribution in [0.4, 0.5) is 0 Å². The molecular formula is C17H26N2O3S. The summed E-state index contributed by atoms with van der Waals surface area (Å²) in [5.41, 5.74) is 1.32. The molecule has 0 amide bonds. The summed E-state index contributed by atoms with van der Waals surface area (Å²) in [4.78, 5) is 16.3. The van der Waals surface area contributed by atoms with Crippen molar-refractivity contribution in [3.8, 4) is 0 Å². The summed E-state index contributed by atoms with van der Waals surface area (Å²) in [7, 11) is 1.82. The highest BCUT2D eigenvalue weighted by Crippen LogP contribution is 2.20. The number of hydrogen-bond donors (Lipinski definition) is 1. The summed E-state index contributed by atoms with van der Waals surface area (Å²) in [6.45, 7) is 6.25. The fourth-order valence-corrected chi connectivity index (χ4v) is 3.58. The zero-order valence-electron chi connectivity index (χ0n) is 13.9. The first-order valence-electron chi connectivity index (χ1n) is 8.03. The van der Waals surface area contributed by atoms with E-state index in [-0.39, 0.29) is 12.6 Å². The van der Waals surface area contributed by atoms with Gasteiger partial charge in [0.2, 0.25) is 0 Å². The second-order valence-corrected chi connectivity index (χ2v) is 7.24. The molecule has 23 heavy (non-hydrogen) atoms. The molecular weight excluding hydrogens is 312 g/mol. The van der Waals surface area contributed by atoms with Gasteiger partial charge in [-0.2, -0.15) is 0 Å². The van der Waals surface area contributed by atoms with Gasteiger partial charge in [0.25, 0.3) is 0 Å². The fourth-order valence-electron chi connectivity index (χ4n) is 2.84. The van der Waals surface area contributed by atoms with Gasteiger partial charge in [0.1, 0.15) is 0 Å². The Morgan fingerprint density at radius 2 is 2.35 bits per heavy atom. The summed E-state index contributed by atoms with van der Waals surface area (Å²) in [6.07, 6.45) is 0.0706. The molecule has 1 N–H and O–H groups in total. The number of carboxylic acid groups (broad SMARTS) is 1. The van der Waals surface area contributed by atoms with Crippen LogP contribution in [-0.2, 0) is 16.1 Å². The molecule has 1 atom stereocenters. The van der Waals surface area contributed by atoms with E-state index in [1.54, 1.807) is 4.90 Å². The second-order valence-electron chi connectivity index (χ2n) is 5.90. The third-order valence-electron chi connectivity index (χ3n) is 3.76. The average molecular weight is 338 g/mol. The Balaban J connectivity index is 1.86. The minimum atomic E-state index is -0.801. The summed E-state index contributed by atoms with van der Waals surface area (Å²) in [5, 5.41) is 8.84. The molecule has 1 unspecified atom stereocenters. The van der Waals surface area contributed by atoms with Gasteiger partial charge in [-0.15, -0.1) is 11.8 Å². The number of ether oxygens (including phenoxy) is 1. The predicted molar refractivity (Wildman–Crippen MR) is 93.0 cm³/mol. The number of benzene rings is 1. The second kappa shape index (κ2) is 9.27. The molecule has 1 aliphatic heterocycles. The fraction of sp³-hybridized carbons (Fsp3) is 0.588. The lowest BCUT2D eigenvalue weighted by atomic mass is 10.2. The van der Waals surface area contributed by atoms with Crippen molar-refractivity contribution in [1.29, 1.82) is 0 Å².